The molecule has 0 bridgehead atoms. The molecular weight excluding hydrogens is 346 g/mol. The zero-order chi connectivity index (χ0) is 20.4. The van der Waals surface area contributed by atoms with Gasteiger partial charge in [0.2, 0.25) is 0 Å². The van der Waals surface area contributed by atoms with Crippen LogP contribution in [0.3, 0.4) is 0 Å². The van der Waals surface area contributed by atoms with Crippen LogP contribution < -0.4 is 10.1 Å². The van der Waals surface area contributed by atoms with Crippen LogP contribution >= 0.6 is 0 Å². The molecule has 1 unspecified atom stereocenters. The first-order chi connectivity index (χ1) is 12.7. The van der Waals surface area contributed by atoms with Crippen LogP contribution in [0.25, 0.3) is 0 Å². The van der Waals surface area contributed by atoms with Crippen LogP contribution in [-0.2, 0) is 14.3 Å². The summed E-state index contributed by atoms with van der Waals surface area (Å²) in [6.45, 7) is 12.2. The van der Waals surface area contributed by atoms with E-state index in [0.29, 0.717) is 18.1 Å². The smallest absolute Gasteiger partial charge is 0.408 e. The third kappa shape index (κ3) is 8.80. The molecule has 0 aromatic heterocycles. The number of rotatable bonds is 9. The van der Waals surface area contributed by atoms with Crippen molar-refractivity contribution in [2.24, 2.45) is 5.92 Å². The van der Waals surface area contributed by atoms with E-state index >= 15 is 0 Å². The van der Waals surface area contributed by atoms with Gasteiger partial charge < -0.3 is 19.5 Å². The van der Waals surface area contributed by atoms with Crippen molar-refractivity contribution in [2.45, 2.75) is 66.0 Å². The number of carbonyl (C=O) groups is 2. The highest BCUT2D eigenvalue weighted by molar-refractivity contribution is 5.82. The fraction of sp³-hybridized carbons (Fsp3) is 0.619. The molecule has 0 radical (unpaired) electrons. The molecule has 0 saturated heterocycles. The molecule has 2 atom stereocenters. The van der Waals surface area contributed by atoms with E-state index in [1.807, 2.05) is 0 Å². The Bertz CT molecular complexity index is 592. The third-order valence-electron chi connectivity index (χ3n) is 3.71. The molecule has 0 saturated carbocycles. The molecule has 1 N–H and O–H groups in total. The summed E-state index contributed by atoms with van der Waals surface area (Å²) in [5, 5.41) is 2.58. The lowest BCUT2D eigenvalue weighted by Gasteiger charge is -2.23. The number of amides is 1. The second-order valence-electron chi connectivity index (χ2n) is 7.61. The average molecular weight is 379 g/mol. The van der Waals surface area contributed by atoms with Gasteiger partial charge in [0.15, 0.2) is 6.04 Å². The van der Waals surface area contributed by atoms with Gasteiger partial charge in [-0.15, -0.1) is 0 Å². The maximum Gasteiger partial charge on any atom is 0.408 e. The van der Waals surface area contributed by atoms with Crippen LogP contribution in [0, 0.1) is 5.92 Å². The Morgan fingerprint density at radius 1 is 1.11 bits per heavy atom. The lowest BCUT2D eigenvalue weighted by molar-refractivity contribution is -0.145. The molecule has 152 valence electrons. The summed E-state index contributed by atoms with van der Waals surface area (Å²) in [4.78, 5) is 24.4. The minimum absolute atomic E-state index is 0.224. The molecule has 6 heteroatoms. The van der Waals surface area contributed by atoms with Gasteiger partial charge in [-0.1, -0.05) is 32.4 Å². The number of hydrogen-bond donors (Lipinski definition) is 1. The summed E-state index contributed by atoms with van der Waals surface area (Å²) in [6.07, 6.45) is 1.57. The van der Waals surface area contributed by atoms with E-state index in [4.69, 9.17) is 14.2 Å². The quantitative estimate of drug-likeness (QED) is 0.633. The van der Waals surface area contributed by atoms with Crippen molar-refractivity contribution in [2.75, 3.05) is 13.2 Å². The van der Waals surface area contributed by atoms with Gasteiger partial charge in [0.1, 0.15) is 11.4 Å². The highest BCUT2D eigenvalue weighted by Gasteiger charge is 2.27. The van der Waals surface area contributed by atoms with Gasteiger partial charge in [-0.25, -0.2) is 9.59 Å². The minimum Gasteiger partial charge on any atom is -0.493 e. The van der Waals surface area contributed by atoms with Gasteiger partial charge in [0.25, 0.3) is 0 Å². The molecule has 0 aliphatic rings. The van der Waals surface area contributed by atoms with Gasteiger partial charge in [-0.05, 0) is 57.7 Å². The largest absolute Gasteiger partial charge is 0.493 e. The average Bonchev–Trinajstić information content (AvgIpc) is 2.57. The zero-order valence-corrected chi connectivity index (χ0v) is 17.3. The zero-order valence-electron chi connectivity index (χ0n) is 17.3. The van der Waals surface area contributed by atoms with Crippen molar-refractivity contribution < 1.29 is 23.8 Å². The number of nitrogens with one attached hydrogen (secondary N) is 1. The first-order valence-corrected chi connectivity index (χ1v) is 9.55. The van der Waals surface area contributed by atoms with Crippen molar-refractivity contribution >= 4 is 12.1 Å². The fourth-order valence-electron chi connectivity index (χ4n) is 2.50. The lowest BCUT2D eigenvalue weighted by Crippen LogP contribution is -2.38. The van der Waals surface area contributed by atoms with Gasteiger partial charge >= 0.3 is 12.1 Å². The standard InChI is InChI=1S/C21H33NO5/c1-7-9-15(3)14-26-17-12-10-16(11-13-17)18(19(23)25-8-2)22-20(24)27-21(4,5)6/h10-13,15,18H,7-9,14H2,1-6H3,(H,22,24)/t15?,18-/m1/s1. The molecule has 1 rings (SSSR count). The van der Waals surface area contributed by atoms with Gasteiger partial charge in [0, 0.05) is 0 Å². The fourth-order valence-corrected chi connectivity index (χ4v) is 2.50. The Kier molecular flexibility index (Phi) is 9.12. The molecule has 27 heavy (non-hydrogen) atoms. The number of esters is 1. The summed E-state index contributed by atoms with van der Waals surface area (Å²) in [7, 11) is 0. The minimum atomic E-state index is -0.937. The molecule has 0 fully saturated rings. The number of ether oxygens (including phenoxy) is 3. The van der Waals surface area contributed by atoms with Crippen LogP contribution in [0.1, 0.15) is 66.0 Å². The summed E-state index contributed by atoms with van der Waals surface area (Å²) < 4.78 is 16.1. The van der Waals surface area contributed by atoms with Gasteiger partial charge in [-0.3, -0.25) is 0 Å². The summed E-state index contributed by atoms with van der Waals surface area (Å²) >= 11 is 0. The molecule has 0 spiro atoms. The van der Waals surface area contributed by atoms with Crippen LogP contribution in [0.4, 0.5) is 4.79 Å². The van der Waals surface area contributed by atoms with Crippen molar-refractivity contribution in [1.29, 1.82) is 0 Å². The maximum atomic E-state index is 12.3. The van der Waals surface area contributed by atoms with E-state index in [2.05, 4.69) is 19.2 Å². The van der Waals surface area contributed by atoms with E-state index in [9.17, 15) is 9.59 Å². The molecule has 1 aromatic rings. The van der Waals surface area contributed by atoms with Crippen molar-refractivity contribution in [3.63, 3.8) is 0 Å². The van der Waals surface area contributed by atoms with Gasteiger partial charge in [0.05, 0.1) is 13.2 Å². The van der Waals surface area contributed by atoms with E-state index in [1.165, 1.54) is 0 Å². The number of benzene rings is 1. The highest BCUT2D eigenvalue weighted by atomic mass is 16.6. The normalized spacial score (nSPS) is 13.4. The molecule has 6 nitrogen and oxygen atoms in total. The summed E-state index contributed by atoms with van der Waals surface area (Å²) in [5.74, 6) is 0.672. The maximum absolute atomic E-state index is 12.3. The third-order valence-corrected chi connectivity index (χ3v) is 3.71. The summed E-state index contributed by atoms with van der Waals surface area (Å²) in [6, 6.07) is 6.14. The predicted molar refractivity (Wildman–Crippen MR) is 105 cm³/mol. The second-order valence-corrected chi connectivity index (χ2v) is 7.61. The van der Waals surface area contributed by atoms with Gasteiger partial charge in [-0.2, -0.15) is 0 Å². The molecule has 0 heterocycles. The monoisotopic (exact) mass is 379 g/mol. The topological polar surface area (TPSA) is 73.9 Å². The van der Waals surface area contributed by atoms with Crippen LogP contribution in [-0.4, -0.2) is 30.9 Å². The number of alkyl carbamates (subject to hydrolysis) is 1. The molecule has 0 aliphatic heterocycles. The Morgan fingerprint density at radius 2 is 1.74 bits per heavy atom. The number of hydrogen-bond acceptors (Lipinski definition) is 5. The van der Waals surface area contributed by atoms with Crippen molar-refractivity contribution in [3.8, 4) is 5.75 Å². The van der Waals surface area contributed by atoms with E-state index < -0.39 is 23.7 Å². The summed E-state index contributed by atoms with van der Waals surface area (Å²) in [5.41, 5.74) is -0.0517. The van der Waals surface area contributed by atoms with E-state index in [0.717, 1.165) is 18.6 Å². The first kappa shape index (κ1) is 22.8. The Hall–Kier alpha value is -2.24. The second kappa shape index (κ2) is 10.8. The van der Waals surface area contributed by atoms with Crippen LogP contribution in [0.2, 0.25) is 0 Å². The first-order valence-electron chi connectivity index (χ1n) is 9.55. The molecular formula is C21H33NO5. The Balaban J connectivity index is 2.83. The predicted octanol–water partition coefficient (Wildman–Crippen LogP) is 4.63. The molecule has 1 aromatic carbocycles. The van der Waals surface area contributed by atoms with Crippen LogP contribution in [0.15, 0.2) is 24.3 Å². The highest BCUT2D eigenvalue weighted by Crippen LogP contribution is 2.21. The SMILES string of the molecule is CCCC(C)COc1ccc([C@@H](NC(=O)OC(C)(C)C)C(=O)OCC)cc1. The van der Waals surface area contributed by atoms with E-state index in [1.54, 1.807) is 52.0 Å². The number of carbonyl (C=O) groups excluding carboxylic acids is 2. The molecule has 0 aliphatic carbocycles. The van der Waals surface area contributed by atoms with Crippen molar-refractivity contribution in [3.05, 3.63) is 29.8 Å². The Labute approximate surface area is 162 Å². The lowest BCUT2D eigenvalue weighted by atomic mass is 10.1. The van der Waals surface area contributed by atoms with E-state index in [-0.39, 0.29) is 6.61 Å². The van der Waals surface area contributed by atoms with Crippen LogP contribution in [0.5, 0.6) is 5.75 Å². The Morgan fingerprint density at radius 3 is 2.26 bits per heavy atom. The molecule has 1 amide bonds. The van der Waals surface area contributed by atoms with Crippen molar-refractivity contribution in [1.82, 2.24) is 5.32 Å².